The third-order valence-corrected chi connectivity index (χ3v) is 4.94. The summed E-state index contributed by atoms with van der Waals surface area (Å²) in [5.74, 6) is 0. The number of aromatic nitrogens is 1. The van der Waals surface area contributed by atoms with Crippen molar-refractivity contribution < 1.29 is 4.74 Å². The van der Waals surface area contributed by atoms with E-state index in [-0.39, 0.29) is 0 Å². The van der Waals surface area contributed by atoms with Gasteiger partial charge in [-0.05, 0) is 30.3 Å². The molecule has 2 heterocycles. The van der Waals surface area contributed by atoms with Crippen molar-refractivity contribution in [3.63, 3.8) is 0 Å². The van der Waals surface area contributed by atoms with Crippen molar-refractivity contribution in [3.05, 3.63) is 96.7 Å². The van der Waals surface area contributed by atoms with Crippen molar-refractivity contribution in [2.24, 2.45) is 5.10 Å². The van der Waals surface area contributed by atoms with Gasteiger partial charge in [0, 0.05) is 22.7 Å². The Labute approximate surface area is 164 Å². The van der Waals surface area contributed by atoms with Gasteiger partial charge in [0.15, 0.2) is 0 Å². The van der Waals surface area contributed by atoms with E-state index in [0.29, 0.717) is 6.10 Å². The smallest absolute Gasteiger partial charge is 0.0988 e. The topological polar surface area (TPSA) is 33.1 Å². The molecule has 1 fully saturated rings. The van der Waals surface area contributed by atoms with Crippen LogP contribution in [0.15, 0.2) is 96.2 Å². The second-order valence-electron chi connectivity index (χ2n) is 6.94. The highest BCUT2D eigenvalue weighted by atomic mass is 16.6. The predicted octanol–water partition coefficient (Wildman–Crippen LogP) is 5.21. The molecular formula is C24H21N3O. The first-order chi connectivity index (χ1) is 13.9. The number of benzene rings is 3. The Bertz CT molecular complexity index is 1060. The summed E-state index contributed by atoms with van der Waals surface area (Å²) >= 11 is 0. The van der Waals surface area contributed by atoms with Crippen molar-refractivity contribution in [1.82, 2.24) is 4.57 Å². The highest BCUT2D eigenvalue weighted by molar-refractivity contribution is 5.99. The Hall–Kier alpha value is -3.37. The molecule has 0 amide bonds. The molecule has 5 rings (SSSR count). The Morgan fingerprint density at radius 3 is 2.14 bits per heavy atom. The fourth-order valence-corrected chi connectivity index (χ4v) is 3.46. The van der Waals surface area contributed by atoms with Gasteiger partial charge in [0.25, 0.3) is 0 Å². The van der Waals surface area contributed by atoms with E-state index in [1.165, 1.54) is 10.9 Å². The average Bonchev–Trinajstić information content (AvgIpc) is 3.51. The van der Waals surface area contributed by atoms with Crippen LogP contribution in [0.3, 0.4) is 0 Å². The standard InChI is InChI=1S/C24H21N3O/c1-3-9-20(10-4-1)27(21-11-5-2-6-12-21)25-15-19-16-26(17-22-18-28-22)24-14-8-7-13-23(19)24/h1-16,22H,17-18H2/b25-15+. The summed E-state index contributed by atoms with van der Waals surface area (Å²) in [4.78, 5) is 0. The van der Waals surface area contributed by atoms with Crippen LogP contribution in [0.2, 0.25) is 0 Å². The average molecular weight is 367 g/mol. The summed E-state index contributed by atoms with van der Waals surface area (Å²) in [6.07, 6.45) is 4.46. The Kier molecular flexibility index (Phi) is 4.39. The van der Waals surface area contributed by atoms with Gasteiger partial charge >= 0.3 is 0 Å². The first-order valence-corrected chi connectivity index (χ1v) is 9.52. The third-order valence-electron chi connectivity index (χ3n) is 4.94. The van der Waals surface area contributed by atoms with Gasteiger partial charge < -0.3 is 9.30 Å². The third kappa shape index (κ3) is 3.42. The molecule has 4 nitrogen and oxygen atoms in total. The number of epoxide rings is 1. The van der Waals surface area contributed by atoms with Gasteiger partial charge in [-0.3, -0.25) is 0 Å². The van der Waals surface area contributed by atoms with Crippen molar-refractivity contribution in [1.29, 1.82) is 0 Å². The minimum atomic E-state index is 0.339. The van der Waals surface area contributed by atoms with E-state index in [2.05, 4.69) is 59.3 Å². The van der Waals surface area contributed by atoms with E-state index in [1.807, 2.05) is 47.6 Å². The molecule has 0 aliphatic carbocycles. The van der Waals surface area contributed by atoms with Gasteiger partial charge in [-0.2, -0.15) is 5.10 Å². The molecule has 1 aromatic heterocycles. The molecule has 1 aliphatic heterocycles. The van der Waals surface area contributed by atoms with Crippen LogP contribution in [-0.2, 0) is 11.3 Å². The number of nitrogens with zero attached hydrogens (tertiary/aromatic N) is 3. The zero-order valence-corrected chi connectivity index (χ0v) is 15.5. The fourth-order valence-electron chi connectivity index (χ4n) is 3.46. The van der Waals surface area contributed by atoms with E-state index >= 15 is 0 Å². The number of fused-ring (bicyclic) bond motifs is 1. The second kappa shape index (κ2) is 7.33. The first-order valence-electron chi connectivity index (χ1n) is 9.52. The van der Waals surface area contributed by atoms with Crippen molar-refractivity contribution in [2.45, 2.75) is 12.6 Å². The highest BCUT2D eigenvalue weighted by Gasteiger charge is 2.23. The molecule has 28 heavy (non-hydrogen) atoms. The van der Waals surface area contributed by atoms with Crippen LogP contribution in [0.25, 0.3) is 10.9 Å². The molecule has 0 radical (unpaired) electrons. The van der Waals surface area contributed by atoms with Crippen molar-refractivity contribution >= 4 is 28.5 Å². The number of hydrogen-bond donors (Lipinski definition) is 0. The zero-order valence-electron chi connectivity index (χ0n) is 15.5. The van der Waals surface area contributed by atoms with Gasteiger partial charge in [0.2, 0.25) is 0 Å². The largest absolute Gasteiger partial charge is 0.371 e. The number of para-hydroxylation sites is 3. The number of hydrazone groups is 1. The van der Waals surface area contributed by atoms with Crippen LogP contribution < -0.4 is 5.01 Å². The lowest BCUT2D eigenvalue weighted by molar-refractivity contribution is 0.385. The van der Waals surface area contributed by atoms with Crippen LogP contribution in [-0.4, -0.2) is 23.5 Å². The predicted molar refractivity (Wildman–Crippen MR) is 114 cm³/mol. The van der Waals surface area contributed by atoms with Gasteiger partial charge in [0.1, 0.15) is 0 Å². The summed E-state index contributed by atoms with van der Waals surface area (Å²) in [6.45, 7) is 1.74. The first kappa shape index (κ1) is 16.8. The highest BCUT2D eigenvalue weighted by Crippen LogP contribution is 2.27. The molecule has 1 unspecified atom stereocenters. The molecule has 0 bridgehead atoms. The second-order valence-corrected chi connectivity index (χ2v) is 6.94. The van der Waals surface area contributed by atoms with E-state index in [9.17, 15) is 0 Å². The fraction of sp³-hybridized carbons (Fsp3) is 0.125. The number of anilines is 2. The maximum Gasteiger partial charge on any atom is 0.0988 e. The molecule has 4 heteroatoms. The molecule has 0 saturated carbocycles. The van der Waals surface area contributed by atoms with Crippen LogP contribution >= 0.6 is 0 Å². The summed E-state index contributed by atoms with van der Waals surface area (Å²) < 4.78 is 7.69. The summed E-state index contributed by atoms with van der Waals surface area (Å²) in [5, 5.41) is 8.03. The van der Waals surface area contributed by atoms with Crippen LogP contribution in [0.1, 0.15) is 5.56 Å². The van der Waals surface area contributed by atoms with E-state index in [1.54, 1.807) is 0 Å². The molecule has 3 aromatic carbocycles. The Balaban J connectivity index is 1.54. The molecular weight excluding hydrogens is 346 g/mol. The van der Waals surface area contributed by atoms with E-state index in [4.69, 9.17) is 9.84 Å². The maximum atomic E-state index is 5.42. The van der Waals surface area contributed by atoms with Gasteiger partial charge in [-0.25, -0.2) is 5.01 Å². The number of ether oxygens (including phenoxy) is 1. The molecule has 1 aliphatic rings. The van der Waals surface area contributed by atoms with Crippen LogP contribution in [0, 0.1) is 0 Å². The molecule has 0 spiro atoms. The number of rotatable bonds is 6. The molecule has 1 atom stereocenters. The minimum absolute atomic E-state index is 0.339. The minimum Gasteiger partial charge on any atom is -0.371 e. The van der Waals surface area contributed by atoms with Crippen molar-refractivity contribution in [3.8, 4) is 0 Å². The molecule has 4 aromatic rings. The molecule has 0 N–H and O–H groups in total. The molecule has 1 saturated heterocycles. The quantitative estimate of drug-likeness (QED) is 0.266. The lowest BCUT2D eigenvalue weighted by atomic mass is 10.2. The number of hydrogen-bond acceptors (Lipinski definition) is 3. The summed E-state index contributed by atoms with van der Waals surface area (Å²) in [7, 11) is 0. The lowest BCUT2D eigenvalue weighted by Gasteiger charge is -2.19. The summed E-state index contributed by atoms with van der Waals surface area (Å²) in [6, 6.07) is 28.9. The van der Waals surface area contributed by atoms with E-state index < -0.39 is 0 Å². The zero-order chi connectivity index (χ0) is 18.8. The van der Waals surface area contributed by atoms with Gasteiger partial charge in [-0.1, -0.05) is 54.6 Å². The Morgan fingerprint density at radius 1 is 0.893 bits per heavy atom. The maximum absolute atomic E-state index is 5.42. The van der Waals surface area contributed by atoms with Crippen LogP contribution in [0.5, 0.6) is 0 Å². The van der Waals surface area contributed by atoms with Gasteiger partial charge in [-0.15, -0.1) is 0 Å². The monoisotopic (exact) mass is 367 g/mol. The SMILES string of the molecule is C(=N\N(c1ccccc1)c1ccccc1)/c1cn(CC2CO2)c2ccccc12. The van der Waals surface area contributed by atoms with Gasteiger partial charge in [0.05, 0.1) is 36.8 Å². The Morgan fingerprint density at radius 2 is 1.50 bits per heavy atom. The molecule has 138 valence electrons. The van der Waals surface area contributed by atoms with Crippen LogP contribution in [0.4, 0.5) is 11.4 Å². The van der Waals surface area contributed by atoms with E-state index in [0.717, 1.165) is 30.1 Å². The normalized spacial score (nSPS) is 15.9. The van der Waals surface area contributed by atoms with Crippen molar-refractivity contribution in [2.75, 3.05) is 11.6 Å². The summed E-state index contributed by atoms with van der Waals surface area (Å²) in [5.41, 5.74) is 4.37. The lowest BCUT2D eigenvalue weighted by Crippen LogP contribution is -2.09.